The first-order chi connectivity index (χ1) is 10.4. The van der Waals surface area contributed by atoms with E-state index >= 15 is 0 Å². The molecule has 0 aromatic carbocycles. The summed E-state index contributed by atoms with van der Waals surface area (Å²) >= 11 is 0. The van der Waals surface area contributed by atoms with Crippen LogP contribution in [0.2, 0.25) is 0 Å². The van der Waals surface area contributed by atoms with Crippen molar-refractivity contribution < 1.29 is 14.4 Å². The van der Waals surface area contributed by atoms with Gasteiger partial charge in [-0.15, -0.1) is 0 Å². The zero-order valence-corrected chi connectivity index (χ0v) is 13.5. The first kappa shape index (κ1) is 14.3. The third-order valence-electron chi connectivity index (χ3n) is 7.36. The van der Waals surface area contributed by atoms with Crippen LogP contribution < -0.4 is 0 Å². The summed E-state index contributed by atoms with van der Waals surface area (Å²) in [6.45, 7) is 4.22. The Morgan fingerprint density at radius 2 is 1.77 bits per heavy atom. The minimum atomic E-state index is -0.402. The number of hydrogen-bond acceptors (Lipinski definition) is 3. The summed E-state index contributed by atoms with van der Waals surface area (Å²) in [6.07, 6.45) is 7.12. The molecule has 118 valence electrons. The van der Waals surface area contributed by atoms with E-state index in [1.165, 1.54) is 5.57 Å². The van der Waals surface area contributed by atoms with E-state index in [1.54, 1.807) is 0 Å². The lowest BCUT2D eigenvalue weighted by Crippen LogP contribution is -2.55. The summed E-state index contributed by atoms with van der Waals surface area (Å²) in [5, 5.41) is 0. The molecule has 0 radical (unpaired) electrons. The van der Waals surface area contributed by atoms with Gasteiger partial charge in [0.1, 0.15) is 11.6 Å². The molecular formula is C19H24O3. The molecule has 0 aromatic rings. The Labute approximate surface area is 131 Å². The van der Waals surface area contributed by atoms with Gasteiger partial charge in [0.2, 0.25) is 0 Å². The second-order valence-corrected chi connectivity index (χ2v) is 8.36. The Kier molecular flexibility index (Phi) is 2.87. The molecule has 3 heteroatoms. The minimum Gasteiger partial charge on any atom is -0.299 e. The maximum atomic E-state index is 13.0. The zero-order chi connectivity index (χ0) is 15.7. The topological polar surface area (TPSA) is 51.2 Å². The van der Waals surface area contributed by atoms with Gasteiger partial charge in [-0.1, -0.05) is 19.4 Å². The van der Waals surface area contributed by atoms with Crippen LogP contribution in [-0.4, -0.2) is 17.3 Å². The van der Waals surface area contributed by atoms with Crippen molar-refractivity contribution in [3.8, 4) is 0 Å². The summed E-state index contributed by atoms with van der Waals surface area (Å²) in [7, 11) is 0. The molecule has 0 spiro atoms. The molecule has 0 N–H and O–H groups in total. The van der Waals surface area contributed by atoms with E-state index in [2.05, 4.69) is 6.92 Å². The van der Waals surface area contributed by atoms with Gasteiger partial charge in [0, 0.05) is 30.6 Å². The van der Waals surface area contributed by atoms with E-state index in [0.29, 0.717) is 36.9 Å². The minimum absolute atomic E-state index is 0.0320. The van der Waals surface area contributed by atoms with Crippen LogP contribution in [0.4, 0.5) is 0 Å². The summed E-state index contributed by atoms with van der Waals surface area (Å²) in [4.78, 5) is 37.1. The first-order valence-electron chi connectivity index (χ1n) is 8.66. The monoisotopic (exact) mass is 300 g/mol. The number of rotatable bonds is 0. The van der Waals surface area contributed by atoms with E-state index in [1.807, 2.05) is 13.0 Å². The molecule has 4 aliphatic carbocycles. The normalized spacial score (nSPS) is 47.6. The summed E-state index contributed by atoms with van der Waals surface area (Å²) in [5.74, 6) is 1.54. The van der Waals surface area contributed by atoms with Crippen LogP contribution in [0.5, 0.6) is 0 Å². The van der Waals surface area contributed by atoms with Gasteiger partial charge in [0.25, 0.3) is 0 Å². The fourth-order valence-corrected chi connectivity index (χ4v) is 6.16. The molecule has 4 rings (SSSR count). The number of allylic oxidation sites excluding steroid dienone is 1. The van der Waals surface area contributed by atoms with Crippen LogP contribution in [0, 0.1) is 28.6 Å². The molecular weight excluding hydrogens is 276 g/mol. The number of fused-ring (bicyclic) bond motifs is 5. The molecule has 0 heterocycles. The maximum Gasteiger partial charge on any atom is 0.155 e. The number of Topliss-reactive ketones (excluding diaryl/α,β-unsaturated/α-hetero) is 2. The fraction of sp³-hybridized carbons (Fsp3) is 0.737. The molecule has 22 heavy (non-hydrogen) atoms. The van der Waals surface area contributed by atoms with Crippen molar-refractivity contribution in [3.05, 3.63) is 11.6 Å². The van der Waals surface area contributed by atoms with Crippen molar-refractivity contribution in [2.24, 2.45) is 28.6 Å². The summed E-state index contributed by atoms with van der Waals surface area (Å²) < 4.78 is 0. The third-order valence-corrected chi connectivity index (χ3v) is 7.36. The van der Waals surface area contributed by atoms with Gasteiger partial charge in [0.15, 0.2) is 5.78 Å². The second kappa shape index (κ2) is 4.39. The highest BCUT2D eigenvalue weighted by Crippen LogP contribution is 2.63. The molecule has 0 amide bonds. The average molecular weight is 300 g/mol. The highest BCUT2D eigenvalue weighted by atomic mass is 16.1. The molecule has 4 aliphatic rings. The Hall–Kier alpha value is -1.25. The molecule has 0 saturated heterocycles. The van der Waals surface area contributed by atoms with Gasteiger partial charge < -0.3 is 0 Å². The molecule has 0 aliphatic heterocycles. The highest BCUT2D eigenvalue weighted by Gasteiger charge is 2.62. The quantitative estimate of drug-likeness (QED) is 0.690. The molecule has 0 unspecified atom stereocenters. The molecule has 0 aromatic heterocycles. The van der Waals surface area contributed by atoms with E-state index in [-0.39, 0.29) is 22.9 Å². The SMILES string of the molecule is C[C@]12CC(=O)[C@H]3[C@@H](CCC4=CC(=O)CC[C@]43C)[C@@H]1CCC2=O. The smallest absolute Gasteiger partial charge is 0.155 e. The predicted octanol–water partition coefficient (Wildman–Crippen LogP) is 3.27. The van der Waals surface area contributed by atoms with Gasteiger partial charge in [-0.2, -0.15) is 0 Å². The molecule has 3 nitrogen and oxygen atoms in total. The first-order valence-corrected chi connectivity index (χ1v) is 8.66. The summed E-state index contributed by atoms with van der Waals surface area (Å²) in [5.41, 5.74) is 0.660. The number of carbonyl (C=O) groups excluding carboxylic acids is 3. The second-order valence-electron chi connectivity index (χ2n) is 8.36. The van der Waals surface area contributed by atoms with Crippen LogP contribution in [0.1, 0.15) is 58.8 Å². The number of hydrogen-bond donors (Lipinski definition) is 0. The van der Waals surface area contributed by atoms with Gasteiger partial charge in [-0.05, 0) is 49.0 Å². The van der Waals surface area contributed by atoms with Crippen molar-refractivity contribution in [3.63, 3.8) is 0 Å². The van der Waals surface area contributed by atoms with Crippen molar-refractivity contribution in [2.45, 2.75) is 58.8 Å². The van der Waals surface area contributed by atoms with Crippen LogP contribution in [0.25, 0.3) is 0 Å². The molecule has 3 saturated carbocycles. The van der Waals surface area contributed by atoms with Gasteiger partial charge in [-0.25, -0.2) is 0 Å². The lowest BCUT2D eigenvalue weighted by molar-refractivity contribution is -0.149. The van der Waals surface area contributed by atoms with Crippen LogP contribution in [0.15, 0.2) is 11.6 Å². The number of carbonyl (C=O) groups is 3. The van der Waals surface area contributed by atoms with Crippen LogP contribution in [-0.2, 0) is 14.4 Å². The fourth-order valence-electron chi connectivity index (χ4n) is 6.16. The Balaban J connectivity index is 1.77. The Bertz CT molecular complexity index is 616. The van der Waals surface area contributed by atoms with E-state index in [9.17, 15) is 14.4 Å². The standard InChI is InChI=1S/C19H24O3/c1-18-8-7-12(20)9-11(18)3-4-13-14-5-6-16(22)19(14,2)10-15(21)17(13)18/h9,13-14,17H,3-8,10H2,1-2H3/t13-,14-,17+,18+,19-/m0/s1. The number of ketones is 3. The van der Waals surface area contributed by atoms with Crippen molar-refractivity contribution >= 4 is 17.3 Å². The van der Waals surface area contributed by atoms with Gasteiger partial charge in [-0.3, -0.25) is 14.4 Å². The zero-order valence-electron chi connectivity index (χ0n) is 13.5. The summed E-state index contributed by atoms with van der Waals surface area (Å²) in [6, 6.07) is 0. The van der Waals surface area contributed by atoms with Crippen LogP contribution in [0.3, 0.4) is 0 Å². The lowest BCUT2D eigenvalue weighted by atomic mass is 9.47. The van der Waals surface area contributed by atoms with E-state index in [0.717, 1.165) is 25.7 Å². The molecule has 5 atom stereocenters. The molecule has 3 fully saturated rings. The van der Waals surface area contributed by atoms with Crippen molar-refractivity contribution in [2.75, 3.05) is 0 Å². The van der Waals surface area contributed by atoms with Gasteiger partial charge in [0.05, 0.1) is 0 Å². The van der Waals surface area contributed by atoms with E-state index < -0.39 is 5.41 Å². The van der Waals surface area contributed by atoms with Crippen molar-refractivity contribution in [1.82, 2.24) is 0 Å². The van der Waals surface area contributed by atoms with Crippen molar-refractivity contribution in [1.29, 1.82) is 0 Å². The Morgan fingerprint density at radius 3 is 2.55 bits per heavy atom. The lowest BCUT2D eigenvalue weighted by Gasteiger charge is -2.55. The van der Waals surface area contributed by atoms with E-state index in [4.69, 9.17) is 0 Å². The largest absolute Gasteiger partial charge is 0.299 e. The average Bonchev–Trinajstić information content (AvgIpc) is 2.75. The van der Waals surface area contributed by atoms with Gasteiger partial charge >= 0.3 is 0 Å². The molecule has 0 bridgehead atoms. The third kappa shape index (κ3) is 1.65. The predicted molar refractivity (Wildman–Crippen MR) is 82.1 cm³/mol. The highest BCUT2D eigenvalue weighted by molar-refractivity contribution is 5.96. The van der Waals surface area contributed by atoms with Crippen LogP contribution >= 0.6 is 0 Å². The Morgan fingerprint density at radius 1 is 1.00 bits per heavy atom. The maximum absolute atomic E-state index is 13.0.